The van der Waals surface area contributed by atoms with Crippen molar-refractivity contribution in [1.82, 2.24) is 20.1 Å². The van der Waals surface area contributed by atoms with Gasteiger partial charge in [0.1, 0.15) is 17.0 Å². The maximum Gasteiger partial charge on any atom is 0.427 e. The summed E-state index contributed by atoms with van der Waals surface area (Å²) < 4.78 is 82.6. The Bertz CT molecular complexity index is 1110. The molecule has 16 heteroatoms. The number of halogens is 6. The normalized spacial score (nSPS) is 16.0. The molecule has 1 atom stereocenters. The summed E-state index contributed by atoms with van der Waals surface area (Å²) in [5.41, 5.74) is -3.26. The summed E-state index contributed by atoms with van der Waals surface area (Å²) in [7, 11) is 0. The Morgan fingerprint density at radius 3 is 2.49 bits per heavy atom. The molecule has 2 aromatic rings. The van der Waals surface area contributed by atoms with Crippen molar-refractivity contribution < 1.29 is 35.9 Å². The molecule has 1 aliphatic rings. The molecule has 0 aliphatic carbocycles. The topological polar surface area (TPSA) is 103 Å². The number of piperazine rings is 1. The molecule has 0 unspecified atom stereocenters. The molecule has 9 nitrogen and oxygen atoms in total. The van der Waals surface area contributed by atoms with Crippen LogP contribution < -0.4 is 15.8 Å². The SMILES string of the molecule is C[C@@H](/C=C/COC(=O)N1CCN(c2ncc(C(F)(F)F)s2)CC1)Nc1cn[nH]c(=O)c1C(F)(F)F. The summed E-state index contributed by atoms with van der Waals surface area (Å²) in [5, 5.41) is 7.84. The monoisotopic (exact) mass is 526 g/mol. The van der Waals surface area contributed by atoms with Crippen LogP contribution in [0.3, 0.4) is 0 Å². The van der Waals surface area contributed by atoms with Crippen LogP contribution >= 0.6 is 11.3 Å². The number of aromatic amines is 1. The van der Waals surface area contributed by atoms with Crippen LogP contribution in [-0.2, 0) is 17.1 Å². The summed E-state index contributed by atoms with van der Waals surface area (Å²) in [6.07, 6.45) is -5.46. The van der Waals surface area contributed by atoms with Crippen molar-refractivity contribution in [2.24, 2.45) is 0 Å². The van der Waals surface area contributed by atoms with Gasteiger partial charge in [-0.3, -0.25) is 4.79 Å². The highest BCUT2D eigenvalue weighted by molar-refractivity contribution is 7.15. The highest BCUT2D eigenvalue weighted by Crippen LogP contribution is 2.36. The first-order valence-electron chi connectivity index (χ1n) is 10.1. The lowest BCUT2D eigenvalue weighted by Crippen LogP contribution is -2.49. The zero-order valence-electron chi connectivity index (χ0n) is 18.1. The number of anilines is 2. The van der Waals surface area contributed by atoms with E-state index in [1.807, 2.05) is 0 Å². The lowest BCUT2D eigenvalue weighted by Gasteiger charge is -2.33. The molecule has 2 N–H and O–H groups in total. The number of nitrogens with zero attached hydrogens (tertiary/aromatic N) is 4. The first kappa shape index (κ1) is 26.3. The first-order chi connectivity index (χ1) is 16.4. The minimum absolute atomic E-state index is 0.160. The predicted octanol–water partition coefficient (Wildman–Crippen LogP) is 3.58. The fourth-order valence-electron chi connectivity index (χ4n) is 3.18. The van der Waals surface area contributed by atoms with E-state index in [1.54, 1.807) is 10.00 Å². The average molecular weight is 526 g/mol. The van der Waals surface area contributed by atoms with E-state index in [1.165, 1.54) is 24.0 Å². The molecule has 0 saturated carbocycles. The standard InChI is InChI=1S/C19H20F6N6O3S/c1-11(28-12-9-27-29-15(32)14(12)19(23,24)25)3-2-8-34-17(33)31-6-4-30(5-7-31)16-26-10-13(35-16)18(20,21)22/h2-3,9-11H,4-8H2,1H3,(H2,28,29,32)/b3-2+/t11-/m0/s1. The molecule has 0 radical (unpaired) electrons. The summed E-state index contributed by atoms with van der Waals surface area (Å²) in [4.78, 5) is 29.7. The van der Waals surface area contributed by atoms with E-state index in [9.17, 15) is 35.9 Å². The molecule has 1 fully saturated rings. The number of ether oxygens (including phenoxy) is 1. The number of rotatable bonds is 6. The number of amides is 1. The minimum Gasteiger partial charge on any atom is -0.445 e. The van der Waals surface area contributed by atoms with Gasteiger partial charge in [0.15, 0.2) is 5.13 Å². The van der Waals surface area contributed by atoms with E-state index in [0.29, 0.717) is 11.3 Å². The van der Waals surface area contributed by atoms with Crippen molar-refractivity contribution >= 4 is 28.2 Å². The van der Waals surface area contributed by atoms with Gasteiger partial charge in [0.25, 0.3) is 5.56 Å². The van der Waals surface area contributed by atoms with Crippen molar-refractivity contribution in [3.63, 3.8) is 0 Å². The van der Waals surface area contributed by atoms with Gasteiger partial charge in [-0.1, -0.05) is 17.4 Å². The predicted molar refractivity (Wildman–Crippen MR) is 114 cm³/mol. The van der Waals surface area contributed by atoms with Gasteiger partial charge < -0.3 is 19.9 Å². The number of carbonyl (C=O) groups excluding carboxylic acids is 1. The minimum atomic E-state index is -4.87. The second kappa shape index (κ2) is 10.5. The highest BCUT2D eigenvalue weighted by Gasteiger charge is 2.37. The summed E-state index contributed by atoms with van der Waals surface area (Å²) in [5.74, 6) is 0. The Kier molecular flexibility index (Phi) is 7.92. The largest absolute Gasteiger partial charge is 0.445 e. The molecule has 0 aromatic carbocycles. The van der Waals surface area contributed by atoms with Gasteiger partial charge in [-0.05, 0) is 13.0 Å². The third-order valence-corrected chi connectivity index (χ3v) is 5.93. The molecule has 35 heavy (non-hydrogen) atoms. The van der Waals surface area contributed by atoms with Gasteiger partial charge in [0, 0.05) is 32.2 Å². The number of hydrogen-bond donors (Lipinski definition) is 2. The summed E-state index contributed by atoms with van der Waals surface area (Å²) >= 11 is 0.534. The van der Waals surface area contributed by atoms with E-state index >= 15 is 0 Å². The zero-order chi connectivity index (χ0) is 25.8. The van der Waals surface area contributed by atoms with Crippen LogP contribution in [0.4, 0.5) is 42.0 Å². The molecule has 1 aliphatic heterocycles. The van der Waals surface area contributed by atoms with E-state index in [0.717, 1.165) is 12.4 Å². The lowest BCUT2D eigenvalue weighted by molar-refractivity contribution is -0.138. The van der Waals surface area contributed by atoms with E-state index in [4.69, 9.17) is 4.74 Å². The maximum absolute atomic E-state index is 13.1. The molecule has 3 rings (SSSR count). The zero-order valence-corrected chi connectivity index (χ0v) is 18.9. The van der Waals surface area contributed by atoms with Crippen molar-refractivity contribution in [3.8, 4) is 0 Å². The van der Waals surface area contributed by atoms with Crippen LogP contribution in [0.15, 0.2) is 29.3 Å². The van der Waals surface area contributed by atoms with E-state index in [2.05, 4.69) is 15.4 Å². The Morgan fingerprint density at radius 1 is 1.20 bits per heavy atom. The Labute approximate surface area is 198 Å². The Morgan fingerprint density at radius 2 is 1.89 bits per heavy atom. The van der Waals surface area contributed by atoms with Crippen molar-refractivity contribution in [2.75, 3.05) is 43.0 Å². The van der Waals surface area contributed by atoms with Crippen LogP contribution in [0.25, 0.3) is 0 Å². The maximum atomic E-state index is 13.1. The molecule has 0 bridgehead atoms. The third-order valence-electron chi connectivity index (χ3n) is 4.83. The van der Waals surface area contributed by atoms with Gasteiger partial charge >= 0.3 is 18.4 Å². The highest BCUT2D eigenvalue weighted by atomic mass is 32.1. The van der Waals surface area contributed by atoms with Crippen molar-refractivity contribution in [2.45, 2.75) is 25.3 Å². The number of thiazole rings is 1. The summed E-state index contributed by atoms with van der Waals surface area (Å²) in [6.45, 7) is 2.37. The van der Waals surface area contributed by atoms with E-state index in [-0.39, 0.29) is 37.9 Å². The van der Waals surface area contributed by atoms with Gasteiger partial charge in [-0.15, -0.1) is 0 Å². The third kappa shape index (κ3) is 6.86. The van der Waals surface area contributed by atoms with Gasteiger partial charge in [-0.25, -0.2) is 14.9 Å². The number of carbonyl (C=O) groups is 1. The number of alkyl halides is 6. The molecule has 192 valence electrons. The van der Waals surface area contributed by atoms with Crippen LogP contribution in [0, 0.1) is 0 Å². The molecule has 1 saturated heterocycles. The fraction of sp³-hybridized carbons (Fsp3) is 0.474. The van der Waals surface area contributed by atoms with Gasteiger partial charge in [0.2, 0.25) is 0 Å². The van der Waals surface area contributed by atoms with Crippen molar-refractivity contribution in [1.29, 1.82) is 0 Å². The Hall–Kier alpha value is -3.30. The molecule has 1 amide bonds. The molecular formula is C19H20F6N6O3S. The lowest BCUT2D eigenvalue weighted by atomic mass is 10.2. The molecule has 3 heterocycles. The average Bonchev–Trinajstić information content (AvgIpc) is 3.27. The summed E-state index contributed by atoms with van der Waals surface area (Å²) in [6, 6.07) is -0.651. The number of aromatic nitrogens is 3. The number of nitrogens with one attached hydrogen (secondary N) is 2. The van der Waals surface area contributed by atoms with E-state index < -0.39 is 46.2 Å². The van der Waals surface area contributed by atoms with Gasteiger partial charge in [0.05, 0.1) is 18.1 Å². The Balaban J connectivity index is 1.45. The second-order valence-electron chi connectivity index (χ2n) is 7.40. The van der Waals surface area contributed by atoms with Gasteiger partial charge in [-0.2, -0.15) is 31.4 Å². The quantitative estimate of drug-likeness (QED) is 0.438. The number of hydrogen-bond acceptors (Lipinski definition) is 8. The second-order valence-corrected chi connectivity index (χ2v) is 8.41. The number of H-pyrrole nitrogens is 1. The fourth-order valence-corrected chi connectivity index (χ4v) is 4.01. The smallest absolute Gasteiger partial charge is 0.427 e. The van der Waals surface area contributed by atoms with Crippen LogP contribution in [0.5, 0.6) is 0 Å². The van der Waals surface area contributed by atoms with Crippen LogP contribution in [-0.4, -0.2) is 65.0 Å². The molecule has 2 aromatic heterocycles. The van der Waals surface area contributed by atoms with Crippen molar-refractivity contribution in [3.05, 3.63) is 45.3 Å². The molecular weight excluding hydrogens is 506 g/mol. The molecule has 0 spiro atoms. The first-order valence-corrected chi connectivity index (χ1v) is 11.0. The van der Waals surface area contributed by atoms with Crippen LogP contribution in [0.2, 0.25) is 0 Å². The van der Waals surface area contributed by atoms with Crippen LogP contribution in [0.1, 0.15) is 17.4 Å².